The lowest BCUT2D eigenvalue weighted by molar-refractivity contribution is -0.387. The Balaban J connectivity index is 1.50. The summed E-state index contributed by atoms with van der Waals surface area (Å²) in [7, 11) is 0. The van der Waals surface area contributed by atoms with Gasteiger partial charge in [0.25, 0.3) is 5.91 Å². The summed E-state index contributed by atoms with van der Waals surface area (Å²) in [5.74, 6) is -0.152. The first kappa shape index (κ1) is 21.0. The molecule has 0 bridgehead atoms. The Bertz CT molecular complexity index is 1270. The van der Waals surface area contributed by atoms with E-state index in [1.165, 1.54) is 6.33 Å². The van der Waals surface area contributed by atoms with Crippen LogP contribution >= 0.6 is 11.8 Å². The lowest BCUT2D eigenvalue weighted by Crippen LogP contribution is -2.34. The van der Waals surface area contributed by atoms with Crippen molar-refractivity contribution in [2.75, 3.05) is 12.0 Å². The van der Waals surface area contributed by atoms with Gasteiger partial charge in [-0.15, -0.1) is 0 Å². The summed E-state index contributed by atoms with van der Waals surface area (Å²) >= 11 is 1.10. The molecule has 0 aliphatic rings. The number of pyridine rings is 1. The predicted octanol–water partition coefficient (Wildman–Crippen LogP) is 3.61. The van der Waals surface area contributed by atoms with Crippen molar-refractivity contribution in [3.8, 4) is 5.75 Å². The number of benzene rings is 2. The van der Waals surface area contributed by atoms with E-state index in [1.807, 2.05) is 36.4 Å². The topological polar surface area (TPSA) is 132 Å². The quantitative estimate of drug-likeness (QED) is 0.236. The van der Waals surface area contributed by atoms with E-state index in [4.69, 9.17) is 4.74 Å². The number of nitrogens with zero attached hydrogens (tertiary/aromatic N) is 4. The number of hydrazine groups is 1. The van der Waals surface area contributed by atoms with E-state index < -0.39 is 10.8 Å². The number of ether oxygens (including phenoxy) is 1. The van der Waals surface area contributed by atoms with Crippen LogP contribution in [-0.4, -0.2) is 32.4 Å². The van der Waals surface area contributed by atoms with E-state index in [2.05, 4.69) is 25.8 Å². The average molecular weight is 448 g/mol. The molecule has 0 aliphatic carbocycles. The first-order valence-electron chi connectivity index (χ1n) is 9.35. The minimum absolute atomic E-state index is 0.112. The number of amides is 1. The van der Waals surface area contributed by atoms with Gasteiger partial charge in [0.2, 0.25) is 5.82 Å². The van der Waals surface area contributed by atoms with Gasteiger partial charge >= 0.3 is 5.69 Å². The maximum absolute atomic E-state index is 12.1. The van der Waals surface area contributed by atoms with Crippen LogP contribution in [0.2, 0.25) is 0 Å². The number of hydrogen-bond donors (Lipinski definition) is 2. The van der Waals surface area contributed by atoms with Crippen molar-refractivity contribution in [2.45, 2.75) is 9.92 Å². The van der Waals surface area contributed by atoms with Crippen molar-refractivity contribution in [3.05, 3.63) is 83.3 Å². The number of fused-ring (bicyclic) bond motifs is 1. The molecule has 2 heterocycles. The first-order chi connectivity index (χ1) is 15.6. The summed E-state index contributed by atoms with van der Waals surface area (Å²) in [6, 6.07) is 18.1. The Kier molecular flexibility index (Phi) is 6.37. The van der Waals surface area contributed by atoms with Gasteiger partial charge in [0, 0.05) is 16.5 Å². The number of aromatic nitrogens is 3. The molecule has 0 radical (unpaired) electrons. The van der Waals surface area contributed by atoms with Crippen LogP contribution in [0.4, 0.5) is 11.5 Å². The third-order valence-electron chi connectivity index (χ3n) is 4.21. The number of carbonyl (C=O) groups excluding carboxylic acids is 1. The van der Waals surface area contributed by atoms with Crippen LogP contribution in [0.5, 0.6) is 5.75 Å². The van der Waals surface area contributed by atoms with Gasteiger partial charge in [0.05, 0.1) is 10.4 Å². The number of nitrogens with one attached hydrogen (secondary N) is 2. The fourth-order valence-electron chi connectivity index (χ4n) is 2.79. The van der Waals surface area contributed by atoms with E-state index in [9.17, 15) is 14.9 Å². The molecule has 0 unspecified atom stereocenters. The van der Waals surface area contributed by atoms with Crippen LogP contribution < -0.4 is 15.6 Å². The Morgan fingerprint density at radius 2 is 1.84 bits per heavy atom. The summed E-state index contributed by atoms with van der Waals surface area (Å²) in [6.07, 6.45) is 2.84. The van der Waals surface area contributed by atoms with Gasteiger partial charge in [-0.05, 0) is 24.3 Å². The smallest absolute Gasteiger partial charge is 0.345 e. The highest BCUT2D eigenvalue weighted by Gasteiger charge is 2.25. The minimum Gasteiger partial charge on any atom is -0.484 e. The molecule has 0 aliphatic heterocycles. The van der Waals surface area contributed by atoms with Crippen molar-refractivity contribution < 1.29 is 14.5 Å². The summed E-state index contributed by atoms with van der Waals surface area (Å²) < 4.78 is 5.35. The summed E-state index contributed by atoms with van der Waals surface area (Å²) in [5.41, 5.74) is 5.18. The van der Waals surface area contributed by atoms with Gasteiger partial charge in [0.1, 0.15) is 12.1 Å². The first-order valence-corrected chi connectivity index (χ1v) is 10.2. The molecule has 4 rings (SSSR count). The van der Waals surface area contributed by atoms with E-state index >= 15 is 0 Å². The molecule has 10 nitrogen and oxygen atoms in total. The molecule has 2 aromatic heterocycles. The number of hydrogen-bond acceptors (Lipinski definition) is 9. The maximum atomic E-state index is 12.1. The SMILES string of the molecule is O=C(COc1ccccc1)NNc1ncnc(Sc2cccc3cccnc23)c1[N+](=O)[O-]. The van der Waals surface area contributed by atoms with Crippen LogP contribution in [0.15, 0.2) is 83.1 Å². The van der Waals surface area contributed by atoms with Crippen LogP contribution in [-0.2, 0) is 4.79 Å². The van der Waals surface area contributed by atoms with Crippen molar-refractivity contribution in [2.24, 2.45) is 0 Å². The van der Waals surface area contributed by atoms with Gasteiger partial charge < -0.3 is 4.74 Å². The zero-order valence-corrected chi connectivity index (χ0v) is 17.3. The molecule has 32 heavy (non-hydrogen) atoms. The largest absolute Gasteiger partial charge is 0.484 e. The second kappa shape index (κ2) is 9.71. The molecule has 0 spiro atoms. The van der Waals surface area contributed by atoms with E-state index in [0.717, 1.165) is 17.1 Å². The Morgan fingerprint density at radius 1 is 1.03 bits per heavy atom. The number of rotatable bonds is 8. The maximum Gasteiger partial charge on any atom is 0.345 e. The molecule has 0 fully saturated rings. The van der Waals surface area contributed by atoms with Gasteiger partial charge in [-0.3, -0.25) is 30.7 Å². The predicted molar refractivity (Wildman–Crippen MR) is 118 cm³/mol. The molecule has 160 valence electrons. The lowest BCUT2D eigenvalue weighted by Gasteiger charge is -2.11. The fourth-order valence-corrected chi connectivity index (χ4v) is 3.78. The monoisotopic (exact) mass is 448 g/mol. The van der Waals surface area contributed by atoms with Gasteiger partial charge in [-0.1, -0.05) is 48.2 Å². The molecule has 11 heteroatoms. The van der Waals surface area contributed by atoms with Gasteiger partial charge in [0.15, 0.2) is 11.6 Å². The molecule has 0 saturated carbocycles. The third kappa shape index (κ3) is 4.90. The van der Waals surface area contributed by atoms with Crippen molar-refractivity contribution in [1.82, 2.24) is 20.4 Å². The van der Waals surface area contributed by atoms with Crippen molar-refractivity contribution >= 4 is 40.1 Å². The minimum atomic E-state index is -0.601. The summed E-state index contributed by atoms with van der Waals surface area (Å²) in [4.78, 5) is 36.3. The molecule has 2 N–H and O–H groups in total. The number of anilines is 1. The highest BCUT2D eigenvalue weighted by atomic mass is 32.2. The highest BCUT2D eigenvalue weighted by Crippen LogP contribution is 2.38. The zero-order valence-electron chi connectivity index (χ0n) is 16.5. The van der Waals surface area contributed by atoms with Crippen LogP contribution in [0.3, 0.4) is 0 Å². The molecule has 1 amide bonds. The molecule has 0 saturated heterocycles. The van der Waals surface area contributed by atoms with Crippen LogP contribution in [0.1, 0.15) is 0 Å². The van der Waals surface area contributed by atoms with E-state index in [1.54, 1.807) is 30.5 Å². The average Bonchev–Trinajstić information content (AvgIpc) is 2.82. The summed E-state index contributed by atoms with van der Waals surface area (Å²) in [6.45, 7) is -0.279. The zero-order chi connectivity index (χ0) is 22.3. The molecular formula is C21H16N6O4S. The molecule has 0 atom stereocenters. The van der Waals surface area contributed by atoms with Crippen molar-refractivity contribution in [1.29, 1.82) is 0 Å². The molecular weight excluding hydrogens is 432 g/mol. The van der Waals surface area contributed by atoms with Crippen LogP contribution in [0, 0.1) is 10.1 Å². The standard InChI is InChI=1S/C21H16N6O4S/c28-17(12-31-15-8-2-1-3-9-15)25-26-20-19(27(29)30)21(24-13-23-20)32-16-10-4-6-14-7-5-11-22-18(14)16/h1-11,13H,12H2,(H,25,28)(H,23,24,26). The second-order valence-corrected chi connectivity index (χ2v) is 7.37. The lowest BCUT2D eigenvalue weighted by atomic mass is 10.2. The van der Waals surface area contributed by atoms with E-state index in [-0.39, 0.29) is 23.1 Å². The summed E-state index contributed by atoms with van der Waals surface area (Å²) in [5, 5.41) is 12.8. The molecule has 2 aromatic carbocycles. The van der Waals surface area contributed by atoms with Gasteiger partial charge in [-0.2, -0.15) is 0 Å². The van der Waals surface area contributed by atoms with Gasteiger partial charge in [-0.25, -0.2) is 9.97 Å². The Hall–Kier alpha value is -4.25. The number of nitro groups is 1. The normalized spacial score (nSPS) is 10.5. The second-order valence-electron chi connectivity index (χ2n) is 6.34. The van der Waals surface area contributed by atoms with Crippen LogP contribution in [0.25, 0.3) is 10.9 Å². The number of para-hydroxylation sites is 2. The van der Waals surface area contributed by atoms with Crippen molar-refractivity contribution in [3.63, 3.8) is 0 Å². The van der Waals surface area contributed by atoms with E-state index in [0.29, 0.717) is 16.2 Å². The fraction of sp³-hybridized carbons (Fsp3) is 0.0476. The third-order valence-corrected chi connectivity index (χ3v) is 5.25. The number of carbonyl (C=O) groups is 1. The Labute approximate surface area is 186 Å². The Morgan fingerprint density at radius 3 is 2.66 bits per heavy atom. The highest BCUT2D eigenvalue weighted by molar-refractivity contribution is 7.99. The molecule has 4 aromatic rings.